The molecule has 0 radical (unpaired) electrons. The molecule has 19 heavy (non-hydrogen) atoms. The van der Waals surface area contributed by atoms with Gasteiger partial charge in [0.15, 0.2) is 0 Å². The first-order valence-electron chi connectivity index (χ1n) is 6.72. The number of nitrogens with zero attached hydrogens (tertiary/aromatic N) is 3. The van der Waals surface area contributed by atoms with E-state index in [1.807, 2.05) is 23.0 Å². The van der Waals surface area contributed by atoms with Gasteiger partial charge in [0.2, 0.25) is 0 Å². The predicted octanol–water partition coefficient (Wildman–Crippen LogP) is 1.65. The summed E-state index contributed by atoms with van der Waals surface area (Å²) in [4.78, 5) is 0. The summed E-state index contributed by atoms with van der Waals surface area (Å²) >= 11 is 0. The van der Waals surface area contributed by atoms with Crippen molar-refractivity contribution in [2.45, 2.75) is 31.8 Å². The number of aromatic nitrogens is 3. The van der Waals surface area contributed by atoms with E-state index in [-0.39, 0.29) is 0 Å². The molecule has 100 valence electrons. The Morgan fingerprint density at radius 3 is 3.21 bits per heavy atom. The lowest BCUT2D eigenvalue weighted by Crippen LogP contribution is -2.28. The third kappa shape index (κ3) is 2.76. The van der Waals surface area contributed by atoms with Crippen molar-refractivity contribution < 1.29 is 5.11 Å². The number of aromatic hydroxyl groups is 1. The smallest absolute Gasteiger partial charge is 0.115 e. The van der Waals surface area contributed by atoms with Crippen molar-refractivity contribution in [3.8, 4) is 5.75 Å². The van der Waals surface area contributed by atoms with Gasteiger partial charge in [0, 0.05) is 18.8 Å². The van der Waals surface area contributed by atoms with Crippen LogP contribution < -0.4 is 5.32 Å². The first-order chi connectivity index (χ1) is 9.33. The van der Waals surface area contributed by atoms with Crippen molar-refractivity contribution in [3.63, 3.8) is 0 Å². The Morgan fingerprint density at radius 1 is 1.42 bits per heavy atom. The van der Waals surface area contributed by atoms with Gasteiger partial charge in [-0.15, -0.1) is 5.10 Å². The molecule has 1 heterocycles. The molecule has 1 aromatic carbocycles. The van der Waals surface area contributed by atoms with Crippen LogP contribution in [0.5, 0.6) is 5.75 Å². The minimum atomic E-state index is 0.333. The fourth-order valence-electron chi connectivity index (χ4n) is 2.70. The fourth-order valence-corrected chi connectivity index (χ4v) is 2.70. The van der Waals surface area contributed by atoms with Gasteiger partial charge in [-0.3, -0.25) is 4.68 Å². The first kappa shape index (κ1) is 12.2. The van der Waals surface area contributed by atoms with Crippen molar-refractivity contribution in [2.24, 2.45) is 0 Å². The molecule has 2 aromatic rings. The summed E-state index contributed by atoms with van der Waals surface area (Å²) < 4.78 is 1.82. The van der Waals surface area contributed by atoms with E-state index in [9.17, 15) is 5.11 Å². The minimum absolute atomic E-state index is 0.333. The number of hydrogen-bond donors (Lipinski definition) is 2. The molecular weight excluding hydrogens is 240 g/mol. The van der Waals surface area contributed by atoms with Crippen molar-refractivity contribution in [2.75, 3.05) is 6.54 Å². The van der Waals surface area contributed by atoms with Crippen LogP contribution in [0.1, 0.15) is 30.0 Å². The molecular formula is C14H18N4O. The van der Waals surface area contributed by atoms with Gasteiger partial charge in [0.05, 0.1) is 12.7 Å². The maximum atomic E-state index is 9.63. The van der Waals surface area contributed by atoms with Gasteiger partial charge in [0.25, 0.3) is 0 Å². The van der Waals surface area contributed by atoms with Gasteiger partial charge in [-0.2, -0.15) is 0 Å². The molecule has 3 rings (SSSR count). The number of phenolic OH excluding ortho intramolecular Hbond substituents is 1. The Morgan fingerprint density at radius 2 is 2.37 bits per heavy atom. The number of hydrogen-bond acceptors (Lipinski definition) is 4. The van der Waals surface area contributed by atoms with Crippen molar-refractivity contribution in [3.05, 3.63) is 41.7 Å². The molecule has 1 unspecified atom stereocenters. The molecule has 5 nitrogen and oxygen atoms in total. The number of rotatable bonds is 4. The average Bonchev–Trinajstić information content (AvgIpc) is 2.92. The van der Waals surface area contributed by atoms with Crippen LogP contribution in [0.15, 0.2) is 30.6 Å². The Balaban J connectivity index is 1.64. The Bertz CT molecular complexity index is 538. The van der Waals surface area contributed by atoms with Crippen LogP contribution in [0.4, 0.5) is 0 Å². The predicted molar refractivity (Wildman–Crippen MR) is 71.8 cm³/mol. The second-order valence-electron chi connectivity index (χ2n) is 4.95. The zero-order chi connectivity index (χ0) is 13.1. The van der Waals surface area contributed by atoms with Crippen molar-refractivity contribution >= 4 is 0 Å². The highest BCUT2D eigenvalue weighted by atomic mass is 16.3. The highest BCUT2D eigenvalue weighted by Crippen LogP contribution is 2.31. The van der Waals surface area contributed by atoms with Gasteiger partial charge in [-0.25, -0.2) is 0 Å². The number of fused-ring (bicyclic) bond motifs is 1. The summed E-state index contributed by atoms with van der Waals surface area (Å²) in [6.07, 6.45) is 6.97. The molecule has 1 aliphatic carbocycles. The average molecular weight is 258 g/mol. The lowest BCUT2D eigenvalue weighted by atomic mass is 9.87. The van der Waals surface area contributed by atoms with Gasteiger partial charge < -0.3 is 10.4 Å². The summed E-state index contributed by atoms with van der Waals surface area (Å²) in [7, 11) is 0. The lowest BCUT2D eigenvalue weighted by Gasteiger charge is -2.26. The van der Waals surface area contributed by atoms with Crippen LogP contribution in [-0.2, 0) is 13.0 Å². The van der Waals surface area contributed by atoms with Gasteiger partial charge in [-0.05, 0) is 42.5 Å². The maximum Gasteiger partial charge on any atom is 0.115 e. The Hall–Kier alpha value is -1.88. The molecule has 0 bridgehead atoms. The SMILES string of the molecule is Oc1ccc2c(c1)C(NCCn1ccnn1)CCC2. The topological polar surface area (TPSA) is 63.0 Å². The number of nitrogens with one attached hydrogen (secondary N) is 1. The summed E-state index contributed by atoms with van der Waals surface area (Å²) in [5, 5.41) is 20.9. The zero-order valence-electron chi connectivity index (χ0n) is 10.8. The summed E-state index contributed by atoms with van der Waals surface area (Å²) in [6, 6.07) is 6.04. The van der Waals surface area contributed by atoms with Crippen LogP contribution in [0, 0.1) is 0 Å². The summed E-state index contributed by atoms with van der Waals surface area (Å²) in [5.74, 6) is 0.351. The van der Waals surface area contributed by atoms with E-state index in [2.05, 4.69) is 15.6 Å². The van der Waals surface area contributed by atoms with E-state index in [0.29, 0.717) is 11.8 Å². The normalized spacial score (nSPS) is 18.2. The van der Waals surface area contributed by atoms with Crippen LogP contribution >= 0.6 is 0 Å². The lowest BCUT2D eigenvalue weighted by molar-refractivity contribution is 0.428. The Labute approximate surface area is 112 Å². The Kier molecular flexibility index (Phi) is 3.46. The quantitative estimate of drug-likeness (QED) is 0.875. The second kappa shape index (κ2) is 5.40. The molecule has 0 amide bonds. The zero-order valence-corrected chi connectivity index (χ0v) is 10.8. The largest absolute Gasteiger partial charge is 0.508 e. The van der Waals surface area contributed by atoms with E-state index in [4.69, 9.17) is 0 Å². The van der Waals surface area contributed by atoms with E-state index < -0.39 is 0 Å². The maximum absolute atomic E-state index is 9.63. The van der Waals surface area contributed by atoms with E-state index in [1.54, 1.807) is 12.3 Å². The number of aryl methyl sites for hydroxylation is 1. The third-order valence-corrected chi connectivity index (χ3v) is 3.65. The van der Waals surface area contributed by atoms with Crippen molar-refractivity contribution in [1.29, 1.82) is 0 Å². The van der Waals surface area contributed by atoms with Crippen LogP contribution in [0.2, 0.25) is 0 Å². The molecule has 2 N–H and O–H groups in total. The monoisotopic (exact) mass is 258 g/mol. The van der Waals surface area contributed by atoms with E-state index in [1.165, 1.54) is 17.5 Å². The van der Waals surface area contributed by atoms with Crippen molar-refractivity contribution in [1.82, 2.24) is 20.3 Å². The molecule has 0 saturated carbocycles. The van der Waals surface area contributed by atoms with E-state index in [0.717, 1.165) is 25.9 Å². The summed E-state index contributed by atoms with van der Waals surface area (Å²) in [6.45, 7) is 1.66. The van der Waals surface area contributed by atoms with Gasteiger partial charge in [0.1, 0.15) is 5.75 Å². The van der Waals surface area contributed by atoms with E-state index >= 15 is 0 Å². The molecule has 1 aliphatic rings. The first-order valence-corrected chi connectivity index (χ1v) is 6.72. The second-order valence-corrected chi connectivity index (χ2v) is 4.95. The van der Waals surface area contributed by atoms with Gasteiger partial charge >= 0.3 is 0 Å². The standard InChI is InChI=1S/C14H18N4O/c19-12-5-4-11-2-1-3-14(13(11)10-12)15-6-8-18-9-7-16-17-18/h4-5,7,9-10,14-15,19H,1-3,6,8H2. The molecule has 0 saturated heterocycles. The molecule has 0 fully saturated rings. The fraction of sp³-hybridized carbons (Fsp3) is 0.429. The number of benzene rings is 1. The number of phenols is 1. The molecule has 0 spiro atoms. The molecule has 0 aliphatic heterocycles. The molecule has 1 atom stereocenters. The minimum Gasteiger partial charge on any atom is -0.508 e. The highest BCUT2D eigenvalue weighted by Gasteiger charge is 2.19. The highest BCUT2D eigenvalue weighted by molar-refractivity contribution is 5.38. The van der Waals surface area contributed by atoms with Crippen LogP contribution in [0.3, 0.4) is 0 Å². The summed E-state index contributed by atoms with van der Waals surface area (Å²) in [5.41, 5.74) is 2.59. The van der Waals surface area contributed by atoms with Gasteiger partial charge in [-0.1, -0.05) is 11.3 Å². The van der Waals surface area contributed by atoms with Crippen LogP contribution in [0.25, 0.3) is 0 Å². The third-order valence-electron chi connectivity index (χ3n) is 3.65. The molecule has 5 heteroatoms. The van der Waals surface area contributed by atoms with Crippen LogP contribution in [-0.4, -0.2) is 26.6 Å². The molecule has 1 aromatic heterocycles.